The smallest absolute Gasteiger partial charge is 0.119 e. The third-order valence-corrected chi connectivity index (χ3v) is 3.55. The molecule has 0 saturated heterocycles. The van der Waals surface area contributed by atoms with Crippen LogP contribution in [0, 0.1) is 0 Å². The van der Waals surface area contributed by atoms with E-state index in [4.69, 9.17) is 14.2 Å². The molecule has 0 fully saturated rings. The number of hydrogen-bond acceptors (Lipinski definition) is 4. The average molecular weight is 343 g/mol. The highest BCUT2D eigenvalue weighted by Crippen LogP contribution is 2.15. The standard InChI is InChI=1S/C21H29NO3/c1-4-23-12-13-24-21-7-5-6-19(14-21)16-22-15-18-8-10-20(11-9-18)25-17(2)3/h5-11,14,17,22H,4,12-13,15-16H2,1-3H3. The molecule has 0 amide bonds. The highest BCUT2D eigenvalue weighted by molar-refractivity contribution is 5.29. The van der Waals surface area contributed by atoms with Gasteiger partial charge < -0.3 is 19.5 Å². The molecule has 0 atom stereocenters. The van der Waals surface area contributed by atoms with Gasteiger partial charge in [-0.2, -0.15) is 0 Å². The van der Waals surface area contributed by atoms with Crippen LogP contribution in [-0.4, -0.2) is 25.9 Å². The molecule has 0 bridgehead atoms. The van der Waals surface area contributed by atoms with Gasteiger partial charge >= 0.3 is 0 Å². The first-order valence-corrected chi connectivity index (χ1v) is 8.93. The number of ether oxygens (including phenoxy) is 3. The van der Waals surface area contributed by atoms with Gasteiger partial charge in [0, 0.05) is 19.7 Å². The summed E-state index contributed by atoms with van der Waals surface area (Å²) in [6, 6.07) is 16.4. The van der Waals surface area contributed by atoms with Crippen molar-refractivity contribution in [2.45, 2.75) is 40.0 Å². The van der Waals surface area contributed by atoms with Crippen molar-refractivity contribution in [2.75, 3.05) is 19.8 Å². The van der Waals surface area contributed by atoms with Gasteiger partial charge in [-0.15, -0.1) is 0 Å². The van der Waals surface area contributed by atoms with Gasteiger partial charge in [0.2, 0.25) is 0 Å². The second-order valence-corrected chi connectivity index (χ2v) is 6.11. The van der Waals surface area contributed by atoms with E-state index in [1.807, 2.05) is 45.0 Å². The molecule has 25 heavy (non-hydrogen) atoms. The molecule has 4 heteroatoms. The second kappa shape index (κ2) is 10.7. The fourth-order valence-corrected chi connectivity index (χ4v) is 2.42. The SMILES string of the molecule is CCOCCOc1cccc(CNCc2ccc(OC(C)C)cc2)c1. The largest absolute Gasteiger partial charge is 0.491 e. The van der Waals surface area contributed by atoms with Crippen LogP contribution in [0.1, 0.15) is 31.9 Å². The minimum Gasteiger partial charge on any atom is -0.491 e. The van der Waals surface area contributed by atoms with E-state index in [0.29, 0.717) is 13.2 Å². The molecule has 0 radical (unpaired) electrons. The van der Waals surface area contributed by atoms with E-state index in [9.17, 15) is 0 Å². The molecular weight excluding hydrogens is 314 g/mol. The zero-order valence-electron chi connectivity index (χ0n) is 15.5. The van der Waals surface area contributed by atoms with Crippen LogP contribution in [0.2, 0.25) is 0 Å². The third kappa shape index (κ3) is 7.59. The summed E-state index contributed by atoms with van der Waals surface area (Å²) in [7, 11) is 0. The lowest BCUT2D eigenvalue weighted by Gasteiger charge is -2.11. The Morgan fingerprint density at radius 1 is 0.880 bits per heavy atom. The van der Waals surface area contributed by atoms with Crippen LogP contribution in [0.25, 0.3) is 0 Å². The van der Waals surface area contributed by atoms with Crippen molar-refractivity contribution in [2.24, 2.45) is 0 Å². The van der Waals surface area contributed by atoms with E-state index in [1.54, 1.807) is 0 Å². The van der Waals surface area contributed by atoms with Crippen LogP contribution in [-0.2, 0) is 17.8 Å². The van der Waals surface area contributed by atoms with Crippen molar-refractivity contribution < 1.29 is 14.2 Å². The lowest BCUT2D eigenvalue weighted by molar-refractivity contribution is 0.110. The Labute approximate surface area is 151 Å². The highest BCUT2D eigenvalue weighted by Gasteiger charge is 2.00. The van der Waals surface area contributed by atoms with Crippen LogP contribution >= 0.6 is 0 Å². The van der Waals surface area contributed by atoms with E-state index >= 15 is 0 Å². The van der Waals surface area contributed by atoms with Crippen molar-refractivity contribution in [3.05, 3.63) is 59.7 Å². The summed E-state index contributed by atoms with van der Waals surface area (Å²) in [5.41, 5.74) is 2.44. The Morgan fingerprint density at radius 3 is 2.36 bits per heavy atom. The van der Waals surface area contributed by atoms with Crippen LogP contribution in [0.3, 0.4) is 0 Å². The fourth-order valence-electron chi connectivity index (χ4n) is 2.42. The Morgan fingerprint density at radius 2 is 1.64 bits per heavy atom. The topological polar surface area (TPSA) is 39.7 Å². The van der Waals surface area contributed by atoms with Crippen molar-refractivity contribution >= 4 is 0 Å². The van der Waals surface area contributed by atoms with Gasteiger partial charge in [0.1, 0.15) is 18.1 Å². The van der Waals surface area contributed by atoms with Crippen molar-refractivity contribution in [3.8, 4) is 11.5 Å². The van der Waals surface area contributed by atoms with E-state index < -0.39 is 0 Å². The molecule has 2 aromatic carbocycles. The first-order chi connectivity index (χ1) is 12.2. The molecule has 0 unspecified atom stereocenters. The quantitative estimate of drug-likeness (QED) is 0.621. The monoisotopic (exact) mass is 343 g/mol. The van der Waals surface area contributed by atoms with E-state index in [-0.39, 0.29) is 6.10 Å². The van der Waals surface area contributed by atoms with Gasteiger partial charge in [0.15, 0.2) is 0 Å². The molecule has 0 aliphatic carbocycles. The zero-order valence-corrected chi connectivity index (χ0v) is 15.5. The number of nitrogens with one attached hydrogen (secondary N) is 1. The lowest BCUT2D eigenvalue weighted by Crippen LogP contribution is -2.13. The highest BCUT2D eigenvalue weighted by atomic mass is 16.5. The van der Waals surface area contributed by atoms with Gasteiger partial charge in [-0.3, -0.25) is 0 Å². The summed E-state index contributed by atoms with van der Waals surface area (Å²) < 4.78 is 16.6. The van der Waals surface area contributed by atoms with Gasteiger partial charge in [-0.25, -0.2) is 0 Å². The molecule has 0 spiro atoms. The van der Waals surface area contributed by atoms with Gasteiger partial charge in [-0.1, -0.05) is 24.3 Å². The normalized spacial score (nSPS) is 10.9. The first kappa shape index (κ1) is 19.3. The summed E-state index contributed by atoms with van der Waals surface area (Å²) in [4.78, 5) is 0. The van der Waals surface area contributed by atoms with Crippen LogP contribution in [0.5, 0.6) is 11.5 Å². The molecule has 0 aromatic heterocycles. The van der Waals surface area contributed by atoms with Crippen molar-refractivity contribution in [3.63, 3.8) is 0 Å². The Hall–Kier alpha value is -2.04. The summed E-state index contributed by atoms with van der Waals surface area (Å²) in [6.45, 7) is 9.58. The fraction of sp³-hybridized carbons (Fsp3) is 0.429. The van der Waals surface area contributed by atoms with Crippen LogP contribution < -0.4 is 14.8 Å². The molecular formula is C21H29NO3. The summed E-state index contributed by atoms with van der Waals surface area (Å²) in [5, 5.41) is 3.46. The second-order valence-electron chi connectivity index (χ2n) is 6.11. The van der Waals surface area contributed by atoms with Crippen molar-refractivity contribution in [1.82, 2.24) is 5.32 Å². The number of rotatable bonds is 11. The summed E-state index contributed by atoms with van der Waals surface area (Å²) in [6.07, 6.45) is 0.201. The summed E-state index contributed by atoms with van der Waals surface area (Å²) >= 11 is 0. The van der Waals surface area contributed by atoms with Gasteiger partial charge in [-0.05, 0) is 56.2 Å². The third-order valence-electron chi connectivity index (χ3n) is 3.55. The zero-order chi connectivity index (χ0) is 17.9. The maximum absolute atomic E-state index is 5.69. The molecule has 136 valence electrons. The van der Waals surface area contributed by atoms with E-state index in [0.717, 1.165) is 31.2 Å². The van der Waals surface area contributed by atoms with Crippen molar-refractivity contribution in [1.29, 1.82) is 0 Å². The molecule has 2 aromatic rings. The average Bonchev–Trinajstić information content (AvgIpc) is 2.60. The molecule has 0 aliphatic heterocycles. The van der Waals surface area contributed by atoms with E-state index in [1.165, 1.54) is 11.1 Å². The maximum Gasteiger partial charge on any atom is 0.119 e. The Balaban J connectivity index is 1.75. The van der Waals surface area contributed by atoms with Gasteiger partial charge in [0.05, 0.1) is 12.7 Å². The Bertz CT molecular complexity index is 611. The van der Waals surface area contributed by atoms with E-state index in [2.05, 4.69) is 29.6 Å². The van der Waals surface area contributed by atoms with Gasteiger partial charge in [0.25, 0.3) is 0 Å². The molecule has 4 nitrogen and oxygen atoms in total. The number of benzene rings is 2. The first-order valence-electron chi connectivity index (χ1n) is 8.93. The Kier molecular flexibility index (Phi) is 8.29. The number of hydrogen-bond donors (Lipinski definition) is 1. The molecule has 2 rings (SSSR count). The predicted molar refractivity (Wildman–Crippen MR) is 101 cm³/mol. The minimum absolute atomic E-state index is 0.201. The minimum atomic E-state index is 0.201. The molecule has 1 N–H and O–H groups in total. The van der Waals surface area contributed by atoms with Crippen LogP contribution in [0.15, 0.2) is 48.5 Å². The maximum atomic E-state index is 5.69. The molecule has 0 heterocycles. The predicted octanol–water partition coefficient (Wildman–Crippen LogP) is 4.18. The molecule has 0 aliphatic rings. The van der Waals surface area contributed by atoms with Crippen LogP contribution in [0.4, 0.5) is 0 Å². The summed E-state index contributed by atoms with van der Waals surface area (Å²) in [5.74, 6) is 1.80. The molecule has 0 saturated carbocycles. The lowest BCUT2D eigenvalue weighted by atomic mass is 10.2.